The van der Waals surface area contributed by atoms with Crippen molar-refractivity contribution in [2.24, 2.45) is 0 Å². The van der Waals surface area contributed by atoms with E-state index in [2.05, 4.69) is 21.9 Å². The van der Waals surface area contributed by atoms with Crippen LogP contribution in [0.2, 0.25) is 5.02 Å². The zero-order valence-corrected chi connectivity index (χ0v) is 26.5. The van der Waals surface area contributed by atoms with Crippen molar-refractivity contribution in [2.75, 3.05) is 25.0 Å². The fourth-order valence-electron chi connectivity index (χ4n) is 5.87. The highest BCUT2D eigenvalue weighted by atomic mass is 35.5. The van der Waals surface area contributed by atoms with Gasteiger partial charge in [0.1, 0.15) is 5.82 Å². The molecule has 3 aromatic heterocycles. The van der Waals surface area contributed by atoms with E-state index in [1.165, 1.54) is 10.6 Å². The highest BCUT2D eigenvalue weighted by Gasteiger charge is 2.34. The average Bonchev–Trinajstić information content (AvgIpc) is 3.01. The summed E-state index contributed by atoms with van der Waals surface area (Å²) in [7, 11) is 1.56. The topological polar surface area (TPSA) is 113 Å². The predicted molar refractivity (Wildman–Crippen MR) is 174 cm³/mol. The zero-order chi connectivity index (χ0) is 31.9. The Morgan fingerprint density at radius 3 is 2.52 bits per heavy atom. The Morgan fingerprint density at radius 2 is 1.84 bits per heavy atom. The molecule has 2 amide bonds. The largest absolute Gasteiger partial charge is 0.355 e. The summed E-state index contributed by atoms with van der Waals surface area (Å²) in [6.45, 7) is 14.4. The number of piperazine rings is 1. The monoisotopic (exact) mass is 613 g/mol. The van der Waals surface area contributed by atoms with E-state index in [0.717, 1.165) is 11.3 Å². The molecule has 11 heteroatoms. The first-order valence-electron chi connectivity index (χ1n) is 14.6. The Bertz CT molecular complexity index is 1850. The Morgan fingerprint density at radius 1 is 1.11 bits per heavy atom. The molecular weight excluding hydrogens is 578 g/mol. The summed E-state index contributed by atoms with van der Waals surface area (Å²) in [5.41, 5.74) is 3.29. The summed E-state index contributed by atoms with van der Waals surface area (Å²) >= 11 is 6.96. The standard InChI is InChI=1S/C33H36ClN7O3/c1-8-26(42)39-16-21(6)40(17-20(39)5)30-24-15-25(34)28(22-11-9-10-12-23(22)32(43)35-7)37-31(24)41(33(44)38-30)29-19(4)13-14-36-27(29)18(2)3/h8-15,18,20-21H,1,16-17H2,2-7H3,(H,35,43). The van der Waals surface area contributed by atoms with Gasteiger partial charge < -0.3 is 15.1 Å². The molecule has 1 aromatic carbocycles. The molecule has 0 saturated carbocycles. The number of aromatic nitrogens is 4. The van der Waals surface area contributed by atoms with E-state index < -0.39 is 5.69 Å². The average molecular weight is 614 g/mol. The summed E-state index contributed by atoms with van der Waals surface area (Å²) in [5.74, 6) is 0.00376. The molecule has 228 valence electrons. The number of anilines is 1. The van der Waals surface area contributed by atoms with Crippen LogP contribution in [0.15, 0.2) is 60.0 Å². The van der Waals surface area contributed by atoms with Crippen molar-refractivity contribution in [1.29, 1.82) is 0 Å². The third-order valence-electron chi connectivity index (χ3n) is 8.10. The highest BCUT2D eigenvalue weighted by molar-refractivity contribution is 6.34. The second-order valence-electron chi connectivity index (χ2n) is 11.4. The summed E-state index contributed by atoms with van der Waals surface area (Å²) < 4.78 is 1.50. The van der Waals surface area contributed by atoms with E-state index in [4.69, 9.17) is 16.6 Å². The minimum Gasteiger partial charge on any atom is -0.355 e. The van der Waals surface area contributed by atoms with Gasteiger partial charge in [-0.15, -0.1) is 0 Å². The molecule has 1 aliphatic heterocycles. The molecule has 2 unspecified atom stereocenters. The number of aryl methyl sites for hydroxylation is 1. The van der Waals surface area contributed by atoms with Gasteiger partial charge in [-0.2, -0.15) is 4.98 Å². The quantitative estimate of drug-likeness (QED) is 0.308. The Hall–Kier alpha value is -4.57. The van der Waals surface area contributed by atoms with E-state index in [9.17, 15) is 14.4 Å². The second kappa shape index (κ2) is 12.2. The van der Waals surface area contributed by atoms with Crippen LogP contribution < -0.4 is 15.9 Å². The molecule has 1 fully saturated rings. The maximum Gasteiger partial charge on any atom is 0.355 e. The molecule has 1 aliphatic rings. The maximum absolute atomic E-state index is 14.2. The predicted octanol–water partition coefficient (Wildman–Crippen LogP) is 4.90. The fourth-order valence-corrected chi connectivity index (χ4v) is 6.12. The molecule has 10 nitrogen and oxygen atoms in total. The Labute approximate surface area is 261 Å². The van der Waals surface area contributed by atoms with Gasteiger partial charge >= 0.3 is 5.69 Å². The number of carbonyl (C=O) groups excluding carboxylic acids is 2. The zero-order valence-electron chi connectivity index (χ0n) is 25.8. The van der Waals surface area contributed by atoms with Crippen LogP contribution in [0.1, 0.15) is 55.2 Å². The van der Waals surface area contributed by atoms with Crippen LogP contribution in [0.5, 0.6) is 0 Å². The van der Waals surface area contributed by atoms with Crippen LogP contribution in [0, 0.1) is 6.92 Å². The lowest BCUT2D eigenvalue weighted by atomic mass is 10.0. The number of hydrogen-bond donors (Lipinski definition) is 1. The van der Waals surface area contributed by atoms with Gasteiger partial charge in [-0.05, 0) is 56.5 Å². The molecule has 0 spiro atoms. The number of hydrogen-bond acceptors (Lipinski definition) is 7. The molecule has 44 heavy (non-hydrogen) atoms. The van der Waals surface area contributed by atoms with E-state index >= 15 is 0 Å². The van der Waals surface area contributed by atoms with Crippen LogP contribution >= 0.6 is 11.6 Å². The molecule has 0 radical (unpaired) electrons. The normalized spacial score (nSPS) is 16.8. The lowest BCUT2D eigenvalue weighted by molar-refractivity contribution is -0.128. The minimum atomic E-state index is -0.518. The first-order valence-corrected chi connectivity index (χ1v) is 15.0. The van der Waals surface area contributed by atoms with Crippen molar-refractivity contribution in [3.63, 3.8) is 0 Å². The maximum atomic E-state index is 14.2. The first-order chi connectivity index (χ1) is 21.0. The van der Waals surface area contributed by atoms with Crippen molar-refractivity contribution in [1.82, 2.24) is 29.7 Å². The van der Waals surface area contributed by atoms with Crippen LogP contribution in [0.3, 0.4) is 0 Å². The summed E-state index contributed by atoms with van der Waals surface area (Å²) in [6.07, 6.45) is 3.05. The number of pyridine rings is 2. The molecule has 4 aromatic rings. The number of rotatable bonds is 6. The number of fused-ring (bicyclic) bond motifs is 1. The second-order valence-corrected chi connectivity index (χ2v) is 11.8. The van der Waals surface area contributed by atoms with Gasteiger partial charge in [0.25, 0.3) is 5.91 Å². The van der Waals surface area contributed by atoms with Crippen LogP contribution in [-0.4, -0.2) is 68.5 Å². The molecular formula is C33H36ClN7O3. The van der Waals surface area contributed by atoms with Crippen LogP contribution in [-0.2, 0) is 4.79 Å². The van der Waals surface area contributed by atoms with E-state index in [1.807, 2.05) is 51.7 Å². The molecule has 1 saturated heterocycles. The first kappa shape index (κ1) is 30.9. The van der Waals surface area contributed by atoms with E-state index in [1.54, 1.807) is 42.4 Å². The summed E-state index contributed by atoms with van der Waals surface area (Å²) in [5, 5.41) is 3.54. The minimum absolute atomic E-state index is 0.00335. The van der Waals surface area contributed by atoms with Crippen molar-refractivity contribution in [3.8, 4) is 16.9 Å². The number of benzene rings is 1. The number of amides is 2. The third kappa shape index (κ3) is 5.34. The van der Waals surface area contributed by atoms with Crippen molar-refractivity contribution in [3.05, 3.63) is 87.6 Å². The van der Waals surface area contributed by atoms with Crippen LogP contribution in [0.25, 0.3) is 28.0 Å². The third-order valence-corrected chi connectivity index (χ3v) is 8.38. The van der Waals surface area contributed by atoms with Crippen molar-refractivity contribution >= 4 is 40.3 Å². The molecule has 2 atom stereocenters. The Balaban J connectivity index is 1.84. The van der Waals surface area contributed by atoms with Gasteiger partial charge in [-0.25, -0.2) is 14.3 Å². The molecule has 4 heterocycles. The SMILES string of the molecule is C=CC(=O)N1CC(C)N(c2nc(=O)n(-c3c(C)ccnc3C(C)C)c3nc(-c4ccccc4C(=O)NC)c(Cl)cc23)CC1C. The number of nitrogens with zero attached hydrogens (tertiary/aromatic N) is 6. The van der Waals surface area contributed by atoms with Crippen molar-refractivity contribution in [2.45, 2.75) is 52.6 Å². The smallest absolute Gasteiger partial charge is 0.355 e. The molecule has 5 rings (SSSR count). The van der Waals surface area contributed by atoms with E-state index in [-0.39, 0.29) is 29.8 Å². The number of carbonyl (C=O) groups is 2. The van der Waals surface area contributed by atoms with Gasteiger partial charge in [0, 0.05) is 49.5 Å². The van der Waals surface area contributed by atoms with Gasteiger partial charge in [0.2, 0.25) is 5.91 Å². The summed E-state index contributed by atoms with van der Waals surface area (Å²) in [6, 6.07) is 10.4. The molecule has 0 aliphatic carbocycles. The number of halogens is 1. The van der Waals surface area contributed by atoms with Gasteiger partial charge in [0.05, 0.1) is 27.5 Å². The van der Waals surface area contributed by atoms with E-state index in [0.29, 0.717) is 57.5 Å². The highest BCUT2D eigenvalue weighted by Crippen LogP contribution is 2.37. The number of nitrogens with one attached hydrogen (secondary N) is 1. The van der Waals surface area contributed by atoms with Crippen LogP contribution in [0.4, 0.5) is 5.82 Å². The van der Waals surface area contributed by atoms with Gasteiger partial charge in [-0.3, -0.25) is 14.6 Å². The molecule has 0 bridgehead atoms. The summed E-state index contributed by atoms with van der Waals surface area (Å²) in [4.78, 5) is 57.6. The lowest BCUT2D eigenvalue weighted by Crippen LogP contribution is -2.58. The fraction of sp³-hybridized carbons (Fsp3) is 0.333. The lowest BCUT2D eigenvalue weighted by Gasteiger charge is -2.44. The molecule has 1 N–H and O–H groups in total. The Kier molecular flexibility index (Phi) is 8.56. The van der Waals surface area contributed by atoms with Gasteiger partial charge in [0.15, 0.2) is 5.65 Å². The van der Waals surface area contributed by atoms with Gasteiger partial charge in [-0.1, -0.05) is 50.2 Å². The van der Waals surface area contributed by atoms with Crippen molar-refractivity contribution < 1.29 is 9.59 Å².